The highest BCUT2D eigenvalue weighted by atomic mass is 32.2. The van der Waals surface area contributed by atoms with Crippen molar-refractivity contribution in [2.45, 2.75) is 6.54 Å². The third-order valence-corrected chi connectivity index (χ3v) is 4.82. The van der Waals surface area contributed by atoms with E-state index in [1.807, 2.05) is 11.8 Å². The van der Waals surface area contributed by atoms with Crippen molar-refractivity contribution in [3.8, 4) is 0 Å². The lowest BCUT2D eigenvalue weighted by Gasteiger charge is -2.28. The number of carbonyl (C=O) groups is 1. The van der Waals surface area contributed by atoms with Crippen LogP contribution in [0.5, 0.6) is 0 Å². The molecule has 120 valence electrons. The molecule has 1 aliphatic rings. The van der Waals surface area contributed by atoms with Crippen molar-refractivity contribution < 1.29 is 4.79 Å². The van der Waals surface area contributed by atoms with E-state index in [0.717, 1.165) is 18.7 Å². The molecule has 0 aliphatic carbocycles. The van der Waals surface area contributed by atoms with Crippen LogP contribution in [-0.4, -0.2) is 35.5 Å². The minimum absolute atomic E-state index is 0.412. The summed E-state index contributed by atoms with van der Waals surface area (Å²) in [6.07, 6.45) is 3.13. The Bertz CT molecular complexity index is 669. The van der Waals surface area contributed by atoms with E-state index in [9.17, 15) is 4.79 Å². The number of amides is 1. The van der Waals surface area contributed by atoms with Gasteiger partial charge in [0.2, 0.25) is 0 Å². The van der Waals surface area contributed by atoms with Gasteiger partial charge in [-0.25, -0.2) is 0 Å². The molecule has 0 atom stereocenters. The highest BCUT2D eigenvalue weighted by Crippen LogP contribution is 2.20. The minimum atomic E-state index is -0.473. The van der Waals surface area contributed by atoms with Crippen molar-refractivity contribution in [1.29, 1.82) is 0 Å². The van der Waals surface area contributed by atoms with Crippen LogP contribution in [0.25, 0.3) is 0 Å². The molecular weight excluding hydrogens is 308 g/mol. The van der Waals surface area contributed by atoms with E-state index >= 15 is 0 Å². The molecule has 23 heavy (non-hydrogen) atoms. The molecular formula is C17H20N4OS. The first kappa shape index (κ1) is 15.7. The van der Waals surface area contributed by atoms with Crippen molar-refractivity contribution >= 4 is 29.0 Å². The third-order valence-electron chi connectivity index (χ3n) is 3.88. The van der Waals surface area contributed by atoms with E-state index in [4.69, 9.17) is 5.73 Å². The number of carbonyl (C=O) groups excluding carboxylic acids is 1. The van der Waals surface area contributed by atoms with Crippen LogP contribution in [0.3, 0.4) is 0 Å². The molecule has 2 heterocycles. The normalized spacial score (nSPS) is 14.5. The lowest BCUT2D eigenvalue weighted by Crippen LogP contribution is -2.32. The number of primary amides is 1. The molecule has 1 amide bonds. The maximum atomic E-state index is 11.4. The molecule has 5 nitrogen and oxygen atoms in total. The van der Waals surface area contributed by atoms with Gasteiger partial charge < -0.3 is 16.0 Å². The number of nitrogens with one attached hydrogen (secondary N) is 1. The Morgan fingerprint density at radius 1 is 1.22 bits per heavy atom. The third kappa shape index (κ3) is 3.96. The van der Waals surface area contributed by atoms with Crippen LogP contribution in [0.2, 0.25) is 0 Å². The molecule has 1 aromatic heterocycles. The Balaban J connectivity index is 1.64. The first-order valence-electron chi connectivity index (χ1n) is 7.63. The summed E-state index contributed by atoms with van der Waals surface area (Å²) in [5.41, 5.74) is 8.92. The fourth-order valence-corrected chi connectivity index (χ4v) is 3.49. The van der Waals surface area contributed by atoms with Crippen molar-refractivity contribution in [2.24, 2.45) is 5.73 Å². The predicted octanol–water partition coefficient (Wildman–Crippen LogP) is 2.35. The zero-order valence-electron chi connectivity index (χ0n) is 12.9. The molecule has 0 radical (unpaired) electrons. The largest absolute Gasteiger partial charge is 0.380 e. The molecule has 3 rings (SSSR count). The number of nitrogens with two attached hydrogens (primary N) is 1. The number of hydrogen-bond donors (Lipinski definition) is 2. The molecule has 0 spiro atoms. The van der Waals surface area contributed by atoms with Gasteiger partial charge in [-0.2, -0.15) is 11.8 Å². The molecule has 0 unspecified atom stereocenters. The van der Waals surface area contributed by atoms with Crippen LogP contribution in [0.1, 0.15) is 15.9 Å². The van der Waals surface area contributed by atoms with Crippen LogP contribution in [0, 0.1) is 0 Å². The maximum absolute atomic E-state index is 11.4. The molecule has 2 aromatic rings. The summed E-state index contributed by atoms with van der Waals surface area (Å²) in [4.78, 5) is 17.7. The molecule has 6 heteroatoms. The second-order valence-corrected chi connectivity index (χ2v) is 6.63. The summed E-state index contributed by atoms with van der Waals surface area (Å²) in [6, 6.07) is 10.3. The molecule has 0 saturated carbocycles. The van der Waals surface area contributed by atoms with Gasteiger partial charge in [0.25, 0.3) is 5.91 Å². The summed E-state index contributed by atoms with van der Waals surface area (Å²) in [7, 11) is 0. The monoisotopic (exact) mass is 328 g/mol. The van der Waals surface area contributed by atoms with Crippen LogP contribution in [-0.2, 0) is 6.54 Å². The predicted molar refractivity (Wildman–Crippen MR) is 96.1 cm³/mol. The summed E-state index contributed by atoms with van der Waals surface area (Å²) in [5.74, 6) is 1.92. The smallest absolute Gasteiger partial charge is 0.252 e. The van der Waals surface area contributed by atoms with Gasteiger partial charge >= 0.3 is 0 Å². The second kappa shape index (κ2) is 7.37. The summed E-state index contributed by atoms with van der Waals surface area (Å²) in [5, 5.41) is 3.25. The first-order chi connectivity index (χ1) is 11.2. The Morgan fingerprint density at radius 2 is 1.96 bits per heavy atom. The van der Waals surface area contributed by atoms with Gasteiger partial charge in [0.15, 0.2) is 0 Å². The molecule has 0 bridgehead atoms. The summed E-state index contributed by atoms with van der Waals surface area (Å²) < 4.78 is 0. The number of benzene rings is 1. The van der Waals surface area contributed by atoms with Crippen molar-refractivity contribution in [2.75, 3.05) is 34.8 Å². The lowest BCUT2D eigenvalue weighted by molar-refractivity contribution is 0.100. The van der Waals surface area contributed by atoms with E-state index < -0.39 is 5.91 Å². The Labute approximate surface area is 140 Å². The van der Waals surface area contributed by atoms with Gasteiger partial charge in [0.1, 0.15) is 0 Å². The van der Waals surface area contributed by atoms with E-state index in [1.54, 1.807) is 12.3 Å². The van der Waals surface area contributed by atoms with Crippen molar-refractivity contribution in [3.63, 3.8) is 0 Å². The number of thioether (sulfide) groups is 1. The van der Waals surface area contributed by atoms with Gasteiger partial charge in [-0.1, -0.05) is 12.1 Å². The Hall–Kier alpha value is -2.21. The molecule has 1 fully saturated rings. The van der Waals surface area contributed by atoms with Gasteiger partial charge in [-0.3, -0.25) is 9.78 Å². The number of rotatable bonds is 5. The fraction of sp³-hybridized carbons (Fsp3) is 0.294. The van der Waals surface area contributed by atoms with Crippen molar-refractivity contribution in [1.82, 2.24) is 4.98 Å². The van der Waals surface area contributed by atoms with Crippen LogP contribution in [0.4, 0.5) is 11.4 Å². The lowest BCUT2D eigenvalue weighted by atomic mass is 10.1. The topological polar surface area (TPSA) is 71.2 Å². The number of anilines is 2. The highest BCUT2D eigenvalue weighted by Gasteiger charge is 2.11. The standard InChI is InChI=1S/C17H20N4OS/c18-17(22)15-12-19-6-5-16(15)20-11-13-1-3-14(4-2-13)21-7-9-23-10-8-21/h1-6,12H,7-11H2,(H2,18,22)(H,19,20). The Morgan fingerprint density at radius 3 is 2.65 bits per heavy atom. The van der Waals surface area contributed by atoms with E-state index in [-0.39, 0.29) is 0 Å². The van der Waals surface area contributed by atoms with E-state index in [1.165, 1.54) is 23.4 Å². The van der Waals surface area contributed by atoms with Crippen LogP contribution in [0.15, 0.2) is 42.7 Å². The zero-order valence-corrected chi connectivity index (χ0v) is 13.7. The van der Waals surface area contributed by atoms with E-state index in [2.05, 4.69) is 39.5 Å². The van der Waals surface area contributed by atoms with Gasteiger partial charge in [0, 0.05) is 49.2 Å². The SMILES string of the molecule is NC(=O)c1cnccc1NCc1ccc(N2CCSCC2)cc1. The second-order valence-electron chi connectivity index (χ2n) is 5.40. The fourth-order valence-electron chi connectivity index (χ4n) is 2.59. The maximum Gasteiger partial charge on any atom is 0.252 e. The summed E-state index contributed by atoms with van der Waals surface area (Å²) >= 11 is 2.01. The highest BCUT2D eigenvalue weighted by molar-refractivity contribution is 7.99. The quantitative estimate of drug-likeness (QED) is 0.881. The Kier molecular flexibility index (Phi) is 5.02. The summed E-state index contributed by atoms with van der Waals surface area (Å²) in [6.45, 7) is 2.86. The van der Waals surface area contributed by atoms with Crippen LogP contribution >= 0.6 is 11.8 Å². The molecule has 1 saturated heterocycles. The first-order valence-corrected chi connectivity index (χ1v) is 8.79. The number of aromatic nitrogens is 1. The molecule has 1 aliphatic heterocycles. The number of hydrogen-bond acceptors (Lipinski definition) is 5. The zero-order chi connectivity index (χ0) is 16.1. The average molecular weight is 328 g/mol. The molecule has 1 aromatic carbocycles. The van der Waals surface area contributed by atoms with Crippen LogP contribution < -0.4 is 16.0 Å². The van der Waals surface area contributed by atoms with E-state index in [0.29, 0.717) is 17.8 Å². The average Bonchev–Trinajstić information content (AvgIpc) is 2.61. The van der Waals surface area contributed by atoms with Gasteiger partial charge in [-0.15, -0.1) is 0 Å². The number of nitrogens with zero attached hydrogens (tertiary/aromatic N) is 2. The van der Waals surface area contributed by atoms with Gasteiger partial charge in [-0.05, 0) is 23.8 Å². The van der Waals surface area contributed by atoms with Crippen molar-refractivity contribution in [3.05, 3.63) is 53.9 Å². The van der Waals surface area contributed by atoms with Gasteiger partial charge in [0.05, 0.1) is 11.3 Å². The molecule has 3 N–H and O–H groups in total. The number of pyridine rings is 1. The minimum Gasteiger partial charge on any atom is -0.380 e.